The van der Waals surface area contributed by atoms with Crippen LogP contribution in [-0.4, -0.2) is 35.8 Å². The highest BCUT2D eigenvalue weighted by Gasteiger charge is 2.19. The summed E-state index contributed by atoms with van der Waals surface area (Å²) in [5.74, 6) is 0.739. The Labute approximate surface area is 146 Å². The normalized spacial score (nSPS) is 17.2. The zero-order valence-corrected chi connectivity index (χ0v) is 14.3. The minimum atomic E-state index is -0.0358. The van der Waals surface area contributed by atoms with Gasteiger partial charge in [-0.3, -0.25) is 4.79 Å². The second-order valence-electron chi connectivity index (χ2n) is 5.64. The maximum Gasteiger partial charge on any atom is 0.254 e. The van der Waals surface area contributed by atoms with Gasteiger partial charge in [-0.1, -0.05) is 42.5 Å². The SMILES string of the molecule is O=C(N[C@@H]1CCNC1)c1cccnc1SC/C=C/c1ccccc1. The van der Waals surface area contributed by atoms with Crippen molar-refractivity contribution in [3.63, 3.8) is 0 Å². The first-order valence-electron chi connectivity index (χ1n) is 8.14. The van der Waals surface area contributed by atoms with Crippen molar-refractivity contribution in [1.82, 2.24) is 15.6 Å². The van der Waals surface area contributed by atoms with Gasteiger partial charge in [0.05, 0.1) is 5.56 Å². The number of benzene rings is 1. The van der Waals surface area contributed by atoms with Gasteiger partial charge in [0.15, 0.2) is 0 Å². The Kier molecular flexibility index (Phi) is 6.04. The van der Waals surface area contributed by atoms with Gasteiger partial charge >= 0.3 is 0 Å². The number of amides is 1. The molecular formula is C19H21N3OS. The van der Waals surface area contributed by atoms with Gasteiger partial charge in [-0.2, -0.15) is 0 Å². The van der Waals surface area contributed by atoms with Gasteiger partial charge < -0.3 is 10.6 Å². The summed E-state index contributed by atoms with van der Waals surface area (Å²) in [7, 11) is 0. The minimum Gasteiger partial charge on any atom is -0.348 e. The molecule has 1 atom stereocenters. The van der Waals surface area contributed by atoms with E-state index in [2.05, 4.69) is 39.9 Å². The number of nitrogens with zero attached hydrogens (tertiary/aromatic N) is 1. The zero-order valence-electron chi connectivity index (χ0n) is 13.4. The van der Waals surface area contributed by atoms with Crippen molar-refractivity contribution in [3.8, 4) is 0 Å². The molecule has 0 bridgehead atoms. The monoisotopic (exact) mass is 339 g/mol. The molecule has 5 heteroatoms. The van der Waals surface area contributed by atoms with Crippen molar-refractivity contribution in [2.75, 3.05) is 18.8 Å². The quantitative estimate of drug-likeness (QED) is 0.795. The van der Waals surface area contributed by atoms with Gasteiger partial charge in [0.2, 0.25) is 0 Å². The molecule has 2 heterocycles. The van der Waals surface area contributed by atoms with Gasteiger partial charge in [0.25, 0.3) is 5.91 Å². The molecule has 1 aromatic heterocycles. The van der Waals surface area contributed by atoms with Crippen molar-refractivity contribution < 1.29 is 4.79 Å². The molecule has 0 aliphatic carbocycles. The molecule has 1 aromatic carbocycles. The van der Waals surface area contributed by atoms with Gasteiger partial charge in [-0.05, 0) is 30.7 Å². The maximum absolute atomic E-state index is 12.5. The summed E-state index contributed by atoms with van der Waals surface area (Å²) >= 11 is 1.58. The maximum atomic E-state index is 12.5. The third kappa shape index (κ3) is 4.69. The number of thioether (sulfide) groups is 1. The summed E-state index contributed by atoms with van der Waals surface area (Å²) in [6.45, 7) is 1.80. The first-order valence-corrected chi connectivity index (χ1v) is 9.12. The van der Waals surface area contributed by atoms with E-state index in [0.29, 0.717) is 5.56 Å². The van der Waals surface area contributed by atoms with E-state index in [0.717, 1.165) is 30.3 Å². The van der Waals surface area contributed by atoms with Crippen molar-refractivity contribution >= 4 is 23.7 Å². The fourth-order valence-electron chi connectivity index (χ4n) is 2.60. The molecule has 2 aromatic rings. The molecule has 0 radical (unpaired) electrons. The molecule has 1 amide bonds. The minimum absolute atomic E-state index is 0.0358. The van der Waals surface area contributed by atoms with Crippen LogP contribution in [0.5, 0.6) is 0 Å². The Hall–Kier alpha value is -2.11. The highest BCUT2D eigenvalue weighted by molar-refractivity contribution is 7.99. The Morgan fingerprint density at radius 3 is 2.96 bits per heavy atom. The van der Waals surface area contributed by atoms with E-state index >= 15 is 0 Å². The molecule has 0 unspecified atom stereocenters. The second-order valence-corrected chi connectivity index (χ2v) is 6.65. The summed E-state index contributed by atoms with van der Waals surface area (Å²) in [4.78, 5) is 16.8. The van der Waals surface area contributed by atoms with E-state index in [-0.39, 0.29) is 11.9 Å². The average molecular weight is 339 g/mol. The Morgan fingerprint density at radius 1 is 1.29 bits per heavy atom. The van der Waals surface area contributed by atoms with E-state index in [4.69, 9.17) is 0 Å². The van der Waals surface area contributed by atoms with E-state index in [1.54, 1.807) is 18.0 Å². The number of hydrogen-bond donors (Lipinski definition) is 2. The number of carbonyl (C=O) groups is 1. The standard InChI is InChI=1S/C19H21N3OS/c23-18(22-16-10-12-20-14-16)17-9-4-11-21-19(17)24-13-5-8-15-6-2-1-3-7-15/h1-9,11,16,20H,10,12-14H2,(H,22,23)/b8-5+/t16-/m1/s1. The number of pyridine rings is 1. The van der Waals surface area contributed by atoms with Crippen molar-refractivity contribution in [3.05, 3.63) is 65.9 Å². The number of nitrogens with one attached hydrogen (secondary N) is 2. The fourth-order valence-corrected chi connectivity index (χ4v) is 3.40. The molecule has 0 spiro atoms. The number of rotatable bonds is 6. The van der Waals surface area contributed by atoms with Crippen LogP contribution < -0.4 is 10.6 Å². The number of aromatic nitrogens is 1. The molecule has 1 saturated heterocycles. The summed E-state index contributed by atoms with van der Waals surface area (Å²) in [6.07, 6.45) is 6.89. The third-order valence-electron chi connectivity index (χ3n) is 3.84. The molecule has 0 saturated carbocycles. The van der Waals surface area contributed by atoms with Crippen LogP contribution in [0.1, 0.15) is 22.3 Å². The van der Waals surface area contributed by atoms with Crippen LogP contribution in [0.3, 0.4) is 0 Å². The first kappa shape index (κ1) is 16.7. The van der Waals surface area contributed by atoms with Crippen LogP contribution in [0.2, 0.25) is 0 Å². The first-order chi connectivity index (χ1) is 11.8. The lowest BCUT2D eigenvalue weighted by Crippen LogP contribution is -2.36. The molecule has 124 valence electrons. The van der Waals surface area contributed by atoms with E-state index in [1.807, 2.05) is 30.3 Å². The second kappa shape index (κ2) is 8.66. The third-order valence-corrected chi connectivity index (χ3v) is 4.80. The van der Waals surface area contributed by atoms with E-state index < -0.39 is 0 Å². The molecule has 2 N–H and O–H groups in total. The summed E-state index contributed by atoms with van der Waals surface area (Å²) in [6, 6.07) is 14.0. The van der Waals surface area contributed by atoms with Gasteiger partial charge in [-0.15, -0.1) is 11.8 Å². The van der Waals surface area contributed by atoms with Crippen LogP contribution in [0.15, 0.2) is 59.8 Å². The lowest BCUT2D eigenvalue weighted by molar-refractivity contribution is 0.0936. The average Bonchev–Trinajstić information content (AvgIpc) is 3.13. The van der Waals surface area contributed by atoms with Gasteiger partial charge in [0.1, 0.15) is 5.03 Å². The molecule has 3 rings (SSSR count). The Morgan fingerprint density at radius 2 is 2.17 bits per heavy atom. The van der Waals surface area contributed by atoms with Crippen LogP contribution in [-0.2, 0) is 0 Å². The highest BCUT2D eigenvalue weighted by Crippen LogP contribution is 2.20. The summed E-state index contributed by atoms with van der Waals surface area (Å²) < 4.78 is 0. The van der Waals surface area contributed by atoms with E-state index in [9.17, 15) is 4.79 Å². The Bertz CT molecular complexity index is 697. The number of hydrogen-bond acceptors (Lipinski definition) is 4. The Balaban J connectivity index is 1.59. The lowest BCUT2D eigenvalue weighted by atomic mass is 10.2. The van der Waals surface area contributed by atoms with Crippen LogP contribution in [0, 0.1) is 0 Å². The zero-order chi connectivity index (χ0) is 16.6. The largest absolute Gasteiger partial charge is 0.348 e. The molecule has 1 fully saturated rings. The van der Waals surface area contributed by atoms with Gasteiger partial charge in [0, 0.05) is 24.5 Å². The van der Waals surface area contributed by atoms with Crippen LogP contribution >= 0.6 is 11.8 Å². The molecule has 1 aliphatic rings. The van der Waals surface area contributed by atoms with E-state index in [1.165, 1.54) is 5.56 Å². The fraction of sp³-hybridized carbons (Fsp3) is 0.263. The van der Waals surface area contributed by atoms with Crippen molar-refractivity contribution in [2.24, 2.45) is 0 Å². The number of carbonyl (C=O) groups excluding carboxylic acids is 1. The topological polar surface area (TPSA) is 54.0 Å². The van der Waals surface area contributed by atoms with Crippen molar-refractivity contribution in [2.45, 2.75) is 17.5 Å². The summed E-state index contributed by atoms with van der Waals surface area (Å²) in [5.41, 5.74) is 1.83. The van der Waals surface area contributed by atoms with Crippen molar-refractivity contribution in [1.29, 1.82) is 0 Å². The predicted molar refractivity (Wildman–Crippen MR) is 99.2 cm³/mol. The smallest absolute Gasteiger partial charge is 0.254 e. The lowest BCUT2D eigenvalue weighted by Gasteiger charge is -2.12. The van der Waals surface area contributed by atoms with Gasteiger partial charge in [-0.25, -0.2) is 4.98 Å². The highest BCUT2D eigenvalue weighted by atomic mass is 32.2. The molecule has 1 aliphatic heterocycles. The molecule has 4 nitrogen and oxygen atoms in total. The predicted octanol–water partition coefficient (Wildman–Crippen LogP) is 2.98. The summed E-state index contributed by atoms with van der Waals surface area (Å²) in [5, 5.41) is 7.11. The molecular weight excluding hydrogens is 318 g/mol. The van der Waals surface area contributed by atoms with Crippen LogP contribution in [0.4, 0.5) is 0 Å². The van der Waals surface area contributed by atoms with Crippen LogP contribution in [0.25, 0.3) is 6.08 Å². The molecule has 24 heavy (non-hydrogen) atoms.